The van der Waals surface area contributed by atoms with E-state index in [1.165, 1.54) is 6.42 Å². The van der Waals surface area contributed by atoms with Crippen molar-refractivity contribution in [2.75, 3.05) is 20.2 Å². The maximum Gasteiger partial charge on any atom is 0.407 e. The summed E-state index contributed by atoms with van der Waals surface area (Å²) in [5.41, 5.74) is -0.440. The van der Waals surface area contributed by atoms with Crippen LogP contribution >= 0.6 is 0 Å². The topological polar surface area (TPSA) is 59.6 Å². The highest BCUT2D eigenvalue weighted by Gasteiger charge is 2.26. The average molecular weight is 258 g/mol. The molecule has 5 nitrogen and oxygen atoms in total. The van der Waals surface area contributed by atoms with Crippen LogP contribution in [0.1, 0.15) is 40.0 Å². The van der Waals surface area contributed by atoms with Gasteiger partial charge >= 0.3 is 6.09 Å². The first-order valence-corrected chi connectivity index (χ1v) is 6.65. The molecule has 1 aliphatic carbocycles. The van der Waals surface area contributed by atoms with Crippen molar-refractivity contribution in [3.8, 4) is 0 Å². The number of hydrogen-bond acceptors (Lipinski definition) is 4. The van der Waals surface area contributed by atoms with Gasteiger partial charge in [0, 0.05) is 26.2 Å². The lowest BCUT2D eigenvalue weighted by molar-refractivity contribution is 0.0525. The van der Waals surface area contributed by atoms with Crippen LogP contribution in [0.5, 0.6) is 0 Å². The Hall–Kier alpha value is -0.810. The first kappa shape index (κ1) is 15.2. The van der Waals surface area contributed by atoms with Gasteiger partial charge < -0.3 is 20.1 Å². The summed E-state index contributed by atoms with van der Waals surface area (Å²) >= 11 is 0. The van der Waals surface area contributed by atoms with E-state index >= 15 is 0 Å². The molecule has 0 heterocycles. The minimum absolute atomic E-state index is 0.312. The summed E-state index contributed by atoms with van der Waals surface area (Å²) in [5.74, 6) is 0. The highest BCUT2D eigenvalue weighted by Crippen LogP contribution is 2.21. The molecular formula is C13H26N2O3. The zero-order chi connectivity index (χ0) is 13.6. The van der Waals surface area contributed by atoms with E-state index < -0.39 is 5.60 Å². The molecule has 1 amide bonds. The highest BCUT2D eigenvalue weighted by molar-refractivity contribution is 5.67. The molecule has 1 fully saturated rings. The number of carbonyl (C=O) groups excluding carboxylic acids is 1. The molecule has 1 rings (SSSR count). The van der Waals surface area contributed by atoms with Crippen LogP contribution in [0.25, 0.3) is 0 Å². The number of alkyl carbamates (subject to hydrolysis) is 1. The summed E-state index contributed by atoms with van der Waals surface area (Å²) in [6.45, 7) is 6.87. The van der Waals surface area contributed by atoms with E-state index in [1.54, 1.807) is 7.11 Å². The Morgan fingerprint density at radius 2 is 2.00 bits per heavy atom. The SMILES string of the molecule is COC1CCCC1NCCNC(=O)OC(C)(C)C. The standard InChI is InChI=1S/C13H26N2O3/c1-13(2,3)18-12(16)15-9-8-14-10-6-5-7-11(10)17-4/h10-11,14H,5-9H2,1-4H3,(H,15,16). The molecule has 5 heteroatoms. The van der Waals surface area contributed by atoms with Crippen LogP contribution in [-0.4, -0.2) is 44.0 Å². The Kier molecular flexibility index (Phi) is 5.88. The summed E-state index contributed by atoms with van der Waals surface area (Å²) in [7, 11) is 1.75. The van der Waals surface area contributed by atoms with Crippen molar-refractivity contribution in [1.82, 2.24) is 10.6 Å². The van der Waals surface area contributed by atoms with Gasteiger partial charge in [-0.3, -0.25) is 0 Å². The van der Waals surface area contributed by atoms with Crippen molar-refractivity contribution in [2.24, 2.45) is 0 Å². The van der Waals surface area contributed by atoms with Crippen molar-refractivity contribution in [2.45, 2.75) is 57.8 Å². The predicted octanol–water partition coefficient (Wildman–Crippen LogP) is 1.67. The van der Waals surface area contributed by atoms with Gasteiger partial charge in [-0.25, -0.2) is 4.79 Å². The molecule has 0 aliphatic heterocycles. The molecule has 1 saturated carbocycles. The lowest BCUT2D eigenvalue weighted by atomic mass is 10.2. The smallest absolute Gasteiger partial charge is 0.407 e. The zero-order valence-electron chi connectivity index (χ0n) is 11.9. The second kappa shape index (κ2) is 6.95. The van der Waals surface area contributed by atoms with Gasteiger partial charge in [-0.05, 0) is 40.0 Å². The van der Waals surface area contributed by atoms with Crippen molar-refractivity contribution >= 4 is 6.09 Å². The van der Waals surface area contributed by atoms with Gasteiger partial charge in [0.15, 0.2) is 0 Å². The van der Waals surface area contributed by atoms with Gasteiger partial charge in [-0.15, -0.1) is 0 Å². The van der Waals surface area contributed by atoms with E-state index in [0.717, 1.165) is 19.4 Å². The number of nitrogens with one attached hydrogen (secondary N) is 2. The fraction of sp³-hybridized carbons (Fsp3) is 0.923. The zero-order valence-corrected chi connectivity index (χ0v) is 11.9. The maximum absolute atomic E-state index is 11.4. The highest BCUT2D eigenvalue weighted by atomic mass is 16.6. The van der Waals surface area contributed by atoms with E-state index in [-0.39, 0.29) is 6.09 Å². The Morgan fingerprint density at radius 1 is 1.28 bits per heavy atom. The van der Waals surface area contributed by atoms with Crippen molar-refractivity contribution in [3.05, 3.63) is 0 Å². The third-order valence-electron chi connectivity index (χ3n) is 2.96. The summed E-state index contributed by atoms with van der Waals surface area (Å²) in [6, 6.07) is 0.412. The molecule has 0 radical (unpaired) electrons. The Balaban J connectivity index is 2.10. The minimum Gasteiger partial charge on any atom is -0.444 e. The molecule has 106 valence electrons. The number of methoxy groups -OCH3 is 1. The number of rotatable bonds is 5. The molecular weight excluding hydrogens is 232 g/mol. The summed E-state index contributed by atoms with van der Waals surface area (Å²) in [4.78, 5) is 11.4. The van der Waals surface area contributed by atoms with E-state index in [2.05, 4.69) is 10.6 Å². The van der Waals surface area contributed by atoms with Crippen LogP contribution in [0, 0.1) is 0 Å². The van der Waals surface area contributed by atoms with Gasteiger partial charge in [0.25, 0.3) is 0 Å². The van der Waals surface area contributed by atoms with Crippen LogP contribution in [0.4, 0.5) is 4.79 Å². The first-order chi connectivity index (χ1) is 8.42. The predicted molar refractivity (Wildman–Crippen MR) is 70.7 cm³/mol. The number of carbonyl (C=O) groups is 1. The molecule has 1 aliphatic rings. The van der Waals surface area contributed by atoms with Crippen LogP contribution in [-0.2, 0) is 9.47 Å². The van der Waals surface area contributed by atoms with Gasteiger partial charge in [-0.1, -0.05) is 0 Å². The fourth-order valence-electron chi connectivity index (χ4n) is 2.18. The van der Waals surface area contributed by atoms with Gasteiger partial charge in [0.1, 0.15) is 5.60 Å². The summed E-state index contributed by atoms with van der Waals surface area (Å²) in [6.07, 6.45) is 3.42. The number of hydrogen-bond donors (Lipinski definition) is 2. The average Bonchev–Trinajstić information content (AvgIpc) is 2.69. The molecule has 0 bridgehead atoms. The Bertz CT molecular complexity index is 263. The van der Waals surface area contributed by atoms with Gasteiger partial charge in [0.2, 0.25) is 0 Å². The van der Waals surface area contributed by atoms with Crippen LogP contribution in [0.3, 0.4) is 0 Å². The Morgan fingerprint density at radius 3 is 2.61 bits per heavy atom. The molecule has 2 unspecified atom stereocenters. The van der Waals surface area contributed by atoms with Crippen molar-refractivity contribution in [1.29, 1.82) is 0 Å². The molecule has 0 spiro atoms. The van der Waals surface area contributed by atoms with Crippen LogP contribution in [0.2, 0.25) is 0 Å². The second-order valence-electron chi connectivity index (χ2n) is 5.69. The van der Waals surface area contributed by atoms with E-state index in [9.17, 15) is 4.79 Å². The summed E-state index contributed by atoms with van der Waals surface area (Å²) < 4.78 is 10.5. The molecule has 2 N–H and O–H groups in total. The van der Waals surface area contributed by atoms with Gasteiger partial charge in [-0.2, -0.15) is 0 Å². The van der Waals surface area contributed by atoms with E-state index in [4.69, 9.17) is 9.47 Å². The van der Waals surface area contributed by atoms with Crippen LogP contribution in [0.15, 0.2) is 0 Å². The lowest BCUT2D eigenvalue weighted by Crippen LogP contribution is -2.42. The quantitative estimate of drug-likeness (QED) is 0.736. The van der Waals surface area contributed by atoms with E-state index in [0.29, 0.717) is 18.7 Å². The molecule has 0 saturated heterocycles. The minimum atomic E-state index is -0.440. The molecule has 0 aromatic rings. The third-order valence-corrected chi connectivity index (χ3v) is 2.96. The number of amides is 1. The third kappa shape index (κ3) is 5.69. The van der Waals surface area contributed by atoms with Gasteiger partial charge in [0.05, 0.1) is 6.10 Å². The molecule has 0 aromatic carbocycles. The largest absolute Gasteiger partial charge is 0.444 e. The Labute approximate surface area is 110 Å². The van der Waals surface area contributed by atoms with E-state index in [1.807, 2.05) is 20.8 Å². The van der Waals surface area contributed by atoms with Crippen molar-refractivity contribution in [3.63, 3.8) is 0 Å². The summed E-state index contributed by atoms with van der Waals surface area (Å²) in [5, 5.41) is 6.14. The lowest BCUT2D eigenvalue weighted by Gasteiger charge is -2.21. The molecule has 2 atom stereocenters. The molecule has 18 heavy (non-hydrogen) atoms. The monoisotopic (exact) mass is 258 g/mol. The molecule has 0 aromatic heterocycles. The van der Waals surface area contributed by atoms with Crippen LogP contribution < -0.4 is 10.6 Å². The number of ether oxygens (including phenoxy) is 2. The normalized spacial score (nSPS) is 24.0. The van der Waals surface area contributed by atoms with Crippen molar-refractivity contribution < 1.29 is 14.3 Å². The first-order valence-electron chi connectivity index (χ1n) is 6.65. The maximum atomic E-state index is 11.4. The second-order valence-corrected chi connectivity index (χ2v) is 5.69. The fourth-order valence-corrected chi connectivity index (χ4v) is 2.18.